The van der Waals surface area contributed by atoms with E-state index in [1.807, 2.05) is 0 Å². The van der Waals surface area contributed by atoms with Gasteiger partial charge in [-0.15, -0.1) is 0 Å². The fraction of sp³-hybridized carbons (Fsp3) is 0.643. The zero-order valence-corrected chi connectivity index (χ0v) is 10.9. The Morgan fingerprint density at radius 1 is 1.25 bits per heavy atom. The van der Waals surface area contributed by atoms with E-state index in [4.69, 9.17) is 0 Å². The van der Waals surface area contributed by atoms with Gasteiger partial charge in [0.25, 0.3) is 0 Å². The first-order chi connectivity index (χ1) is 7.59. The Morgan fingerprint density at radius 3 is 2.62 bits per heavy atom. The van der Waals surface area contributed by atoms with Crippen molar-refractivity contribution >= 4 is 0 Å². The van der Waals surface area contributed by atoms with Gasteiger partial charge >= 0.3 is 0 Å². The molecule has 0 atom stereocenters. The summed E-state index contributed by atoms with van der Waals surface area (Å²) in [5, 5.41) is 0. The highest BCUT2D eigenvalue weighted by atomic mass is 15.2. The number of hydrogen-bond donors (Lipinski definition) is 0. The van der Waals surface area contributed by atoms with Crippen LogP contribution in [-0.2, 0) is 13.0 Å². The van der Waals surface area contributed by atoms with E-state index in [2.05, 4.69) is 55.5 Å². The van der Waals surface area contributed by atoms with Crippen LogP contribution in [0.25, 0.3) is 0 Å². The molecular weight excluding hydrogens is 196 g/mol. The minimum absolute atomic E-state index is 0.557. The monoisotopic (exact) mass is 219 g/mol. The van der Waals surface area contributed by atoms with Crippen molar-refractivity contribution in [3.05, 3.63) is 29.6 Å². The van der Waals surface area contributed by atoms with Crippen molar-refractivity contribution < 1.29 is 4.57 Å². The fourth-order valence-corrected chi connectivity index (χ4v) is 2.47. The predicted octanol–water partition coefficient (Wildman–Crippen LogP) is 2.32. The third kappa shape index (κ3) is 2.12. The summed E-state index contributed by atoms with van der Waals surface area (Å²) in [4.78, 5) is 2.56. The second-order valence-corrected chi connectivity index (χ2v) is 5.30. The first-order valence-corrected chi connectivity index (χ1v) is 6.35. The van der Waals surface area contributed by atoms with Crippen LogP contribution in [0, 0.1) is 0 Å². The van der Waals surface area contributed by atoms with Gasteiger partial charge in [0, 0.05) is 24.2 Å². The van der Waals surface area contributed by atoms with Gasteiger partial charge in [-0.1, -0.05) is 0 Å². The van der Waals surface area contributed by atoms with Gasteiger partial charge in [0.1, 0.15) is 0 Å². The van der Waals surface area contributed by atoms with Gasteiger partial charge in [-0.25, -0.2) is 0 Å². The van der Waals surface area contributed by atoms with E-state index in [1.165, 1.54) is 24.2 Å². The number of pyridine rings is 1. The van der Waals surface area contributed by atoms with Crippen molar-refractivity contribution in [1.82, 2.24) is 4.90 Å². The first-order valence-electron chi connectivity index (χ1n) is 6.35. The lowest BCUT2D eigenvalue weighted by Gasteiger charge is -2.30. The van der Waals surface area contributed by atoms with Crippen LogP contribution in [0.2, 0.25) is 0 Å². The van der Waals surface area contributed by atoms with E-state index < -0.39 is 0 Å². The largest absolute Gasteiger partial charge is 0.291 e. The van der Waals surface area contributed by atoms with E-state index >= 15 is 0 Å². The number of hydrogen-bond acceptors (Lipinski definition) is 1. The summed E-state index contributed by atoms with van der Waals surface area (Å²) in [5.41, 5.74) is 3.05. The Morgan fingerprint density at radius 2 is 2.00 bits per heavy atom. The van der Waals surface area contributed by atoms with Crippen LogP contribution in [0.3, 0.4) is 0 Å². The molecule has 1 aromatic heterocycles. The smallest absolute Gasteiger partial charge is 0.198 e. The van der Waals surface area contributed by atoms with Crippen molar-refractivity contribution in [1.29, 1.82) is 0 Å². The van der Waals surface area contributed by atoms with Gasteiger partial charge < -0.3 is 0 Å². The van der Waals surface area contributed by atoms with Gasteiger partial charge in [-0.3, -0.25) is 4.90 Å². The lowest BCUT2D eigenvalue weighted by molar-refractivity contribution is -0.724. The molecule has 0 saturated carbocycles. The van der Waals surface area contributed by atoms with Crippen molar-refractivity contribution in [2.75, 3.05) is 6.54 Å². The zero-order valence-electron chi connectivity index (χ0n) is 10.9. The second-order valence-electron chi connectivity index (χ2n) is 5.30. The van der Waals surface area contributed by atoms with E-state index in [0.29, 0.717) is 12.1 Å². The van der Waals surface area contributed by atoms with Crippen molar-refractivity contribution in [3.8, 4) is 0 Å². The number of nitrogens with zero attached hydrogens (tertiary/aromatic N) is 2. The second kappa shape index (κ2) is 4.54. The van der Waals surface area contributed by atoms with Gasteiger partial charge in [0.05, 0.1) is 6.54 Å². The average molecular weight is 219 g/mol. The molecule has 1 aromatic rings. The first kappa shape index (κ1) is 11.6. The Hall–Kier alpha value is -0.890. The highest BCUT2D eigenvalue weighted by molar-refractivity contribution is 5.18. The summed E-state index contributed by atoms with van der Waals surface area (Å²) < 4.78 is 2.42. The topological polar surface area (TPSA) is 7.12 Å². The maximum Gasteiger partial charge on any atom is 0.198 e. The van der Waals surface area contributed by atoms with E-state index in [-0.39, 0.29) is 0 Å². The molecule has 0 unspecified atom stereocenters. The molecule has 1 aliphatic heterocycles. The van der Waals surface area contributed by atoms with Crippen LogP contribution in [0.15, 0.2) is 18.3 Å². The molecule has 0 aliphatic carbocycles. The Kier molecular flexibility index (Phi) is 3.29. The quantitative estimate of drug-likeness (QED) is 0.692. The molecule has 16 heavy (non-hydrogen) atoms. The fourth-order valence-electron chi connectivity index (χ4n) is 2.47. The highest BCUT2D eigenvalue weighted by Gasteiger charge is 2.26. The van der Waals surface area contributed by atoms with Gasteiger partial charge in [-0.2, -0.15) is 4.57 Å². The SMILES string of the molecule is CC(C)N1CCc2ccc[n+](C(C)C)c2C1. The molecule has 0 saturated heterocycles. The lowest BCUT2D eigenvalue weighted by Crippen LogP contribution is -2.47. The molecular formula is C14H23N2+. The Labute approximate surface area is 98.9 Å². The van der Waals surface area contributed by atoms with Crippen LogP contribution in [0.1, 0.15) is 45.0 Å². The average Bonchev–Trinajstić information content (AvgIpc) is 2.27. The van der Waals surface area contributed by atoms with Gasteiger partial charge in [0.15, 0.2) is 17.9 Å². The summed E-state index contributed by atoms with van der Waals surface area (Å²) in [7, 11) is 0. The maximum absolute atomic E-state index is 2.56. The molecule has 2 nitrogen and oxygen atoms in total. The van der Waals surface area contributed by atoms with Crippen LogP contribution in [0.5, 0.6) is 0 Å². The molecule has 88 valence electrons. The summed E-state index contributed by atoms with van der Waals surface area (Å²) in [6, 6.07) is 5.67. The summed E-state index contributed by atoms with van der Waals surface area (Å²) in [5.74, 6) is 0. The molecule has 0 aromatic carbocycles. The van der Waals surface area contributed by atoms with E-state index in [9.17, 15) is 0 Å². The van der Waals surface area contributed by atoms with Crippen LogP contribution in [-0.4, -0.2) is 17.5 Å². The lowest BCUT2D eigenvalue weighted by atomic mass is 10.0. The van der Waals surface area contributed by atoms with Gasteiger partial charge in [-0.05, 0) is 40.2 Å². The predicted molar refractivity (Wildman–Crippen MR) is 66.3 cm³/mol. The maximum atomic E-state index is 2.56. The van der Waals surface area contributed by atoms with E-state index in [0.717, 1.165) is 6.54 Å². The van der Waals surface area contributed by atoms with Crippen LogP contribution >= 0.6 is 0 Å². The zero-order chi connectivity index (χ0) is 11.7. The van der Waals surface area contributed by atoms with Crippen molar-refractivity contribution in [2.45, 2.75) is 52.7 Å². The third-order valence-corrected chi connectivity index (χ3v) is 3.53. The van der Waals surface area contributed by atoms with Crippen LogP contribution in [0.4, 0.5) is 0 Å². The minimum Gasteiger partial charge on any atom is -0.291 e. The standard InChI is InChI=1S/C14H23N2/c1-11(2)15-9-7-13-6-5-8-16(12(3)4)14(13)10-15/h5-6,8,11-12H,7,9-10H2,1-4H3/q+1. The number of fused-ring (bicyclic) bond motifs is 1. The van der Waals surface area contributed by atoms with Crippen molar-refractivity contribution in [3.63, 3.8) is 0 Å². The summed E-state index contributed by atoms with van der Waals surface area (Å²) in [6.07, 6.45) is 3.41. The normalized spacial score (nSPS) is 16.9. The molecule has 0 spiro atoms. The molecule has 0 radical (unpaired) electrons. The molecule has 1 aliphatic rings. The Bertz CT molecular complexity index is 369. The molecule has 0 amide bonds. The molecule has 2 heteroatoms. The molecule has 0 bridgehead atoms. The van der Waals surface area contributed by atoms with Crippen LogP contribution < -0.4 is 4.57 Å². The molecule has 0 N–H and O–H groups in total. The summed E-state index contributed by atoms with van der Waals surface area (Å²) >= 11 is 0. The third-order valence-electron chi connectivity index (χ3n) is 3.53. The van der Waals surface area contributed by atoms with E-state index in [1.54, 1.807) is 0 Å². The van der Waals surface area contributed by atoms with Gasteiger partial charge in [0.2, 0.25) is 0 Å². The number of rotatable bonds is 2. The summed E-state index contributed by atoms with van der Waals surface area (Å²) in [6.45, 7) is 11.4. The molecule has 2 heterocycles. The molecule has 0 fully saturated rings. The Balaban J connectivity index is 2.34. The minimum atomic E-state index is 0.557. The molecule has 2 rings (SSSR count). The number of aromatic nitrogens is 1. The van der Waals surface area contributed by atoms with Crippen molar-refractivity contribution in [2.24, 2.45) is 0 Å². The highest BCUT2D eigenvalue weighted by Crippen LogP contribution is 2.18.